The molecule has 26 heavy (non-hydrogen) atoms. The Morgan fingerprint density at radius 3 is 2.42 bits per heavy atom. The molecule has 134 valence electrons. The predicted octanol–water partition coefficient (Wildman–Crippen LogP) is 2.64. The van der Waals surface area contributed by atoms with Crippen LogP contribution in [0.3, 0.4) is 0 Å². The molecule has 2 aromatic carbocycles. The molecule has 3 aromatic rings. The van der Waals surface area contributed by atoms with Crippen LogP contribution in [0.2, 0.25) is 0 Å². The molecule has 0 aliphatic carbocycles. The Balaban J connectivity index is 2.03. The Labute approximate surface area is 149 Å². The van der Waals surface area contributed by atoms with Gasteiger partial charge in [0.2, 0.25) is 0 Å². The van der Waals surface area contributed by atoms with Crippen molar-refractivity contribution in [2.45, 2.75) is 26.4 Å². The van der Waals surface area contributed by atoms with Crippen molar-refractivity contribution in [2.75, 3.05) is 0 Å². The van der Waals surface area contributed by atoms with Crippen LogP contribution in [0.5, 0.6) is 11.5 Å². The van der Waals surface area contributed by atoms with E-state index in [9.17, 15) is 14.7 Å². The Kier molecular flexibility index (Phi) is 4.15. The van der Waals surface area contributed by atoms with Gasteiger partial charge in [0.1, 0.15) is 17.3 Å². The SMILES string of the molecule is Cc1nc2cc(O)ccc2c(=O)n1-c1ccc(OC(C)(C)C(=O)O)cc1. The third-order valence-corrected chi connectivity index (χ3v) is 4.00. The molecule has 0 aliphatic heterocycles. The Morgan fingerprint density at radius 2 is 1.81 bits per heavy atom. The lowest BCUT2D eigenvalue weighted by Gasteiger charge is -2.21. The van der Waals surface area contributed by atoms with Crippen molar-refractivity contribution in [3.05, 3.63) is 58.6 Å². The van der Waals surface area contributed by atoms with Gasteiger partial charge >= 0.3 is 5.97 Å². The largest absolute Gasteiger partial charge is 0.508 e. The van der Waals surface area contributed by atoms with E-state index in [0.717, 1.165) is 0 Å². The van der Waals surface area contributed by atoms with Crippen LogP contribution in [0.15, 0.2) is 47.3 Å². The second-order valence-electron chi connectivity index (χ2n) is 6.41. The first-order chi connectivity index (χ1) is 12.2. The summed E-state index contributed by atoms with van der Waals surface area (Å²) in [5.74, 6) is -0.183. The highest BCUT2D eigenvalue weighted by Gasteiger charge is 2.29. The maximum Gasteiger partial charge on any atom is 0.347 e. The van der Waals surface area contributed by atoms with Gasteiger partial charge in [-0.2, -0.15) is 0 Å². The molecule has 7 heteroatoms. The molecule has 3 rings (SSSR count). The first-order valence-corrected chi connectivity index (χ1v) is 7.94. The van der Waals surface area contributed by atoms with Crippen LogP contribution in [0, 0.1) is 6.92 Å². The average molecular weight is 354 g/mol. The van der Waals surface area contributed by atoms with Gasteiger partial charge in [0.15, 0.2) is 5.60 Å². The third-order valence-electron chi connectivity index (χ3n) is 4.00. The Morgan fingerprint density at radius 1 is 1.15 bits per heavy atom. The van der Waals surface area contributed by atoms with Crippen LogP contribution in [0.25, 0.3) is 16.6 Å². The number of aromatic hydroxyl groups is 1. The summed E-state index contributed by atoms with van der Waals surface area (Å²) in [7, 11) is 0. The maximum atomic E-state index is 12.8. The number of carboxylic acids is 1. The molecule has 1 aromatic heterocycles. The summed E-state index contributed by atoms with van der Waals surface area (Å²) < 4.78 is 6.92. The summed E-state index contributed by atoms with van der Waals surface area (Å²) in [5, 5.41) is 19.1. The average Bonchev–Trinajstić information content (AvgIpc) is 2.55. The minimum Gasteiger partial charge on any atom is -0.508 e. The zero-order valence-corrected chi connectivity index (χ0v) is 14.6. The molecule has 0 saturated carbocycles. The Hall–Kier alpha value is -3.35. The molecule has 0 radical (unpaired) electrons. The number of nitrogens with zero attached hydrogens (tertiary/aromatic N) is 2. The number of aliphatic carboxylic acids is 1. The van der Waals surface area contributed by atoms with E-state index in [0.29, 0.717) is 28.2 Å². The number of aromatic nitrogens is 2. The lowest BCUT2D eigenvalue weighted by Crippen LogP contribution is -2.37. The Bertz CT molecular complexity index is 1050. The monoisotopic (exact) mass is 354 g/mol. The number of hydrogen-bond acceptors (Lipinski definition) is 5. The van der Waals surface area contributed by atoms with Crippen LogP contribution in [-0.4, -0.2) is 31.3 Å². The van der Waals surface area contributed by atoms with Gasteiger partial charge < -0.3 is 14.9 Å². The van der Waals surface area contributed by atoms with Gasteiger partial charge in [0.05, 0.1) is 16.6 Å². The second kappa shape index (κ2) is 6.18. The predicted molar refractivity (Wildman–Crippen MR) is 96.1 cm³/mol. The summed E-state index contributed by atoms with van der Waals surface area (Å²) in [6.45, 7) is 4.62. The number of fused-ring (bicyclic) bond motifs is 1. The van der Waals surface area contributed by atoms with Crippen LogP contribution in [0.4, 0.5) is 0 Å². The van der Waals surface area contributed by atoms with E-state index < -0.39 is 11.6 Å². The summed E-state index contributed by atoms with van der Waals surface area (Å²) in [5.41, 5.74) is -0.616. The number of hydrogen-bond donors (Lipinski definition) is 2. The molecule has 0 aliphatic rings. The highest BCUT2D eigenvalue weighted by atomic mass is 16.5. The van der Waals surface area contributed by atoms with Crippen LogP contribution in [0.1, 0.15) is 19.7 Å². The van der Waals surface area contributed by atoms with E-state index in [1.165, 1.54) is 36.6 Å². The molecular weight excluding hydrogens is 336 g/mol. The molecule has 2 N–H and O–H groups in total. The molecule has 0 fully saturated rings. The van der Waals surface area contributed by atoms with Crippen molar-refractivity contribution < 1.29 is 19.7 Å². The minimum absolute atomic E-state index is 0.0455. The van der Waals surface area contributed by atoms with E-state index in [2.05, 4.69) is 4.98 Å². The molecule has 0 bridgehead atoms. The van der Waals surface area contributed by atoms with Gasteiger partial charge in [-0.1, -0.05) is 0 Å². The molecule has 0 spiro atoms. The fourth-order valence-electron chi connectivity index (χ4n) is 2.59. The van der Waals surface area contributed by atoms with Crippen molar-refractivity contribution in [3.8, 4) is 17.2 Å². The lowest BCUT2D eigenvalue weighted by atomic mass is 10.1. The van der Waals surface area contributed by atoms with Crippen LogP contribution in [-0.2, 0) is 4.79 Å². The van der Waals surface area contributed by atoms with Crippen molar-refractivity contribution in [2.24, 2.45) is 0 Å². The molecule has 1 heterocycles. The van der Waals surface area contributed by atoms with Crippen molar-refractivity contribution in [1.29, 1.82) is 0 Å². The van der Waals surface area contributed by atoms with E-state index in [4.69, 9.17) is 9.84 Å². The van der Waals surface area contributed by atoms with Crippen LogP contribution >= 0.6 is 0 Å². The summed E-state index contributed by atoms with van der Waals surface area (Å²) in [6, 6.07) is 10.9. The second-order valence-corrected chi connectivity index (χ2v) is 6.41. The smallest absolute Gasteiger partial charge is 0.347 e. The van der Waals surface area contributed by atoms with E-state index in [1.807, 2.05) is 0 Å². The summed E-state index contributed by atoms with van der Waals surface area (Å²) in [6.07, 6.45) is 0. The summed E-state index contributed by atoms with van der Waals surface area (Å²) in [4.78, 5) is 28.3. The van der Waals surface area contributed by atoms with Crippen LogP contribution < -0.4 is 10.3 Å². The maximum absolute atomic E-state index is 12.8. The number of benzene rings is 2. The number of phenols is 1. The number of rotatable bonds is 4. The van der Waals surface area contributed by atoms with E-state index in [-0.39, 0.29) is 11.3 Å². The fraction of sp³-hybridized carbons (Fsp3) is 0.211. The molecule has 7 nitrogen and oxygen atoms in total. The zero-order chi connectivity index (χ0) is 19.1. The fourth-order valence-corrected chi connectivity index (χ4v) is 2.59. The quantitative estimate of drug-likeness (QED) is 0.747. The molecule has 0 atom stereocenters. The molecule has 0 unspecified atom stereocenters. The van der Waals surface area contributed by atoms with Gasteiger partial charge in [0, 0.05) is 6.07 Å². The van der Waals surface area contributed by atoms with Crippen molar-refractivity contribution in [3.63, 3.8) is 0 Å². The lowest BCUT2D eigenvalue weighted by molar-refractivity contribution is -0.152. The number of phenolic OH excluding ortho intramolecular Hbond substituents is 1. The van der Waals surface area contributed by atoms with Gasteiger partial charge in [-0.15, -0.1) is 0 Å². The number of ether oxygens (including phenoxy) is 1. The first kappa shape index (κ1) is 17.5. The number of carboxylic acid groups (broad SMARTS) is 1. The normalized spacial score (nSPS) is 11.5. The molecular formula is C19H18N2O5. The molecule has 0 saturated heterocycles. The van der Waals surface area contributed by atoms with Gasteiger partial charge in [-0.05, 0) is 57.2 Å². The first-order valence-electron chi connectivity index (χ1n) is 7.94. The van der Waals surface area contributed by atoms with Crippen molar-refractivity contribution in [1.82, 2.24) is 9.55 Å². The highest BCUT2D eigenvalue weighted by molar-refractivity contribution is 5.79. The van der Waals surface area contributed by atoms with Crippen molar-refractivity contribution >= 4 is 16.9 Å². The molecule has 0 amide bonds. The number of aryl methyl sites for hydroxylation is 1. The topological polar surface area (TPSA) is 102 Å². The third kappa shape index (κ3) is 3.11. The van der Waals surface area contributed by atoms with E-state index >= 15 is 0 Å². The van der Waals surface area contributed by atoms with Gasteiger partial charge in [0.25, 0.3) is 5.56 Å². The highest BCUT2D eigenvalue weighted by Crippen LogP contribution is 2.22. The zero-order valence-electron chi connectivity index (χ0n) is 14.6. The van der Waals surface area contributed by atoms with Gasteiger partial charge in [-0.3, -0.25) is 9.36 Å². The van der Waals surface area contributed by atoms with Gasteiger partial charge in [-0.25, -0.2) is 9.78 Å². The number of carbonyl (C=O) groups is 1. The summed E-state index contributed by atoms with van der Waals surface area (Å²) >= 11 is 0. The standard InChI is InChI=1S/C19H18N2O5/c1-11-20-16-10-13(22)6-9-15(16)17(23)21(11)12-4-7-14(8-5-12)26-19(2,3)18(24)25/h4-10,22H,1-3H3,(H,24,25). The minimum atomic E-state index is -1.36. The van der Waals surface area contributed by atoms with E-state index in [1.54, 1.807) is 31.2 Å².